The quantitative estimate of drug-likeness (QED) is 0.283. The summed E-state index contributed by atoms with van der Waals surface area (Å²) < 4.78 is 10.6. The zero-order chi connectivity index (χ0) is 18.1. The van der Waals surface area contributed by atoms with Crippen LogP contribution < -0.4 is 21.2 Å². The summed E-state index contributed by atoms with van der Waals surface area (Å²) in [6.07, 6.45) is 3.63. The van der Waals surface area contributed by atoms with Crippen molar-refractivity contribution in [1.82, 2.24) is 0 Å². The molecule has 0 saturated carbocycles. The zero-order valence-corrected chi connectivity index (χ0v) is 19.9. The average Bonchev–Trinajstić information content (AvgIpc) is 2.62. The van der Waals surface area contributed by atoms with Gasteiger partial charge in [0.2, 0.25) is 0 Å². The van der Waals surface area contributed by atoms with Crippen LogP contribution in [-0.2, 0) is 29.8 Å². The van der Waals surface area contributed by atoms with Gasteiger partial charge in [-0.15, -0.1) is 0 Å². The number of rotatable bonds is 8. The van der Waals surface area contributed by atoms with Crippen LogP contribution in [0.2, 0.25) is 0 Å². The minimum atomic E-state index is -0.512. The van der Waals surface area contributed by atoms with Crippen molar-refractivity contribution in [3.8, 4) is 0 Å². The number of nitrogens with zero attached hydrogens (tertiary/aromatic N) is 1. The van der Waals surface area contributed by atoms with Crippen LogP contribution in [0.3, 0.4) is 0 Å². The third-order valence-electron chi connectivity index (χ3n) is 4.03. The van der Waals surface area contributed by atoms with Crippen molar-refractivity contribution in [2.45, 2.75) is 52.4 Å². The molecule has 0 atom stereocenters. The number of hydrogen-bond donors (Lipinski definition) is 0. The summed E-state index contributed by atoms with van der Waals surface area (Å²) in [6, 6.07) is 17.7. The van der Waals surface area contributed by atoms with Crippen molar-refractivity contribution in [2.24, 2.45) is 3.50 Å². The van der Waals surface area contributed by atoms with E-state index in [1.54, 1.807) is 3.57 Å². The van der Waals surface area contributed by atoms with Gasteiger partial charge in [-0.1, -0.05) is 0 Å². The molecule has 1 nitrogen and oxygen atoms in total. The number of benzene rings is 2. The molecule has 0 heterocycles. The van der Waals surface area contributed by atoms with Crippen LogP contribution >= 0.6 is 0 Å². The third-order valence-corrected chi connectivity index (χ3v) is 9.75. The van der Waals surface area contributed by atoms with Crippen molar-refractivity contribution in [1.29, 1.82) is 0 Å². The van der Waals surface area contributed by atoms with Crippen LogP contribution in [0.15, 0.2) is 52.0 Å². The van der Waals surface area contributed by atoms with Gasteiger partial charge in [-0.2, -0.15) is 0 Å². The fourth-order valence-electron chi connectivity index (χ4n) is 2.58. The van der Waals surface area contributed by atoms with E-state index in [1.807, 2.05) is 0 Å². The van der Waals surface area contributed by atoms with Gasteiger partial charge in [0.1, 0.15) is 0 Å². The fourth-order valence-corrected chi connectivity index (χ4v) is 7.33. The molecule has 0 aliphatic heterocycles. The van der Waals surface area contributed by atoms with Gasteiger partial charge in [-0.25, -0.2) is 0 Å². The molecule has 0 aromatic heterocycles. The summed E-state index contributed by atoms with van der Waals surface area (Å²) >= 11 is -0.413. The summed E-state index contributed by atoms with van der Waals surface area (Å²) in [7, 11) is 0. The normalized spacial score (nSPS) is 11.4. The van der Waals surface area contributed by atoms with Gasteiger partial charge in [0.15, 0.2) is 0 Å². The molecule has 0 spiro atoms. The Balaban J connectivity index is 2.35. The molecule has 2 aromatic carbocycles. The average molecular weight is 530 g/mol. The van der Waals surface area contributed by atoms with Crippen molar-refractivity contribution in [3.05, 3.63) is 63.2 Å². The van der Waals surface area contributed by atoms with Crippen molar-refractivity contribution < 1.29 is 39.1 Å². The van der Waals surface area contributed by atoms with Gasteiger partial charge < -0.3 is 0 Å². The molecule has 0 fully saturated rings. The molecule has 0 unspecified atom stereocenters. The topological polar surface area (TPSA) is 12.4 Å². The van der Waals surface area contributed by atoms with E-state index in [-0.39, 0.29) is 26.6 Å². The summed E-state index contributed by atoms with van der Waals surface area (Å²) in [4.78, 5) is 0. The first-order valence-electron chi connectivity index (χ1n) is 9.06. The first-order chi connectivity index (χ1) is 12.1. The maximum atomic E-state index is 5.19. The van der Waals surface area contributed by atoms with E-state index >= 15 is 0 Å². The molecule has 0 saturated heterocycles. The standard InChI is InChI=1S/C12H17IN.C10H12.Mo/c1-3-6-10-7-5-8-11(12(10)14)13-9-4-2;1-10(2,3)9-7-5-4-6-8-9;/h5,7-8H,3-4,6,9H2,1-2H3;1,4-8H,2-3H3;/q-1;;. The van der Waals surface area contributed by atoms with Gasteiger partial charge in [0.05, 0.1) is 0 Å². The Morgan fingerprint density at radius 3 is 2.44 bits per heavy atom. The molecule has 0 bridgehead atoms. The molecular weight excluding hydrogens is 501 g/mol. The first-order valence-corrected chi connectivity index (χ1v) is 13.7. The Morgan fingerprint density at radius 2 is 1.76 bits per heavy atom. The molecule has 0 aliphatic rings. The van der Waals surface area contributed by atoms with Crippen molar-refractivity contribution in [3.63, 3.8) is 0 Å². The van der Waals surface area contributed by atoms with Gasteiger partial charge in [-0.05, 0) is 0 Å². The van der Waals surface area contributed by atoms with E-state index in [9.17, 15) is 0 Å². The molecule has 0 amide bonds. The van der Waals surface area contributed by atoms with Gasteiger partial charge in [0.25, 0.3) is 0 Å². The maximum absolute atomic E-state index is 5.19. The fraction of sp³-hybridized carbons (Fsp3) is 0.409. The van der Waals surface area contributed by atoms with Gasteiger partial charge >= 0.3 is 173 Å². The molecule has 3 heteroatoms. The Hall–Kier alpha value is -0.472. The van der Waals surface area contributed by atoms with E-state index in [4.69, 9.17) is 3.50 Å². The number of alkyl halides is 1. The second-order valence-electron chi connectivity index (χ2n) is 6.72. The van der Waals surface area contributed by atoms with E-state index in [0.29, 0.717) is 0 Å². The first kappa shape index (κ1) is 20.8. The van der Waals surface area contributed by atoms with Crippen LogP contribution in [0, 0.1) is 3.57 Å². The second kappa shape index (κ2) is 10.6. The number of halogens is 1. The van der Waals surface area contributed by atoms with Crippen LogP contribution in [-0.4, -0.2) is 8.83 Å². The Morgan fingerprint density at radius 1 is 1.00 bits per heavy atom. The van der Waals surface area contributed by atoms with E-state index in [0.717, 1.165) is 6.42 Å². The molecular formula is C22H29IMoN-. The van der Waals surface area contributed by atoms with Gasteiger partial charge in [0, 0.05) is 0 Å². The Kier molecular flexibility index (Phi) is 8.85. The molecule has 0 radical (unpaired) electrons. The van der Waals surface area contributed by atoms with Crippen LogP contribution in [0.4, 0.5) is 5.69 Å². The predicted octanol–water partition coefficient (Wildman–Crippen LogP) is 2.99. The summed E-state index contributed by atoms with van der Waals surface area (Å²) in [5.41, 5.74) is 4.31. The molecule has 136 valence electrons. The summed E-state index contributed by atoms with van der Waals surface area (Å²) in [6.45, 7) is 9.17. The molecule has 25 heavy (non-hydrogen) atoms. The zero-order valence-electron chi connectivity index (χ0n) is 15.8. The van der Waals surface area contributed by atoms with E-state index in [2.05, 4.69) is 80.6 Å². The number of aryl methyl sites for hydroxylation is 1. The predicted molar refractivity (Wildman–Crippen MR) is 102 cm³/mol. The molecule has 0 aliphatic carbocycles. The summed E-state index contributed by atoms with van der Waals surface area (Å²) in [5.74, 6) is 0. The molecule has 0 N–H and O–H groups in total. The van der Waals surface area contributed by atoms with Crippen LogP contribution in [0.1, 0.15) is 51.7 Å². The van der Waals surface area contributed by atoms with Crippen LogP contribution in [0.25, 0.3) is 0 Å². The molecule has 2 rings (SSSR count). The number of hydrogen-bond acceptors (Lipinski definition) is 1. The Bertz CT molecular complexity index is 731. The SMILES string of the molecule is CCC[I-]c1cccc(CCC)c1[N]=[Mo]=[CH]C(C)(C)c1ccccc1. The molecule has 2 aromatic rings. The van der Waals surface area contributed by atoms with Crippen LogP contribution in [0.5, 0.6) is 0 Å². The Labute approximate surface area is 171 Å². The van der Waals surface area contributed by atoms with E-state index < -0.39 is 17.9 Å². The van der Waals surface area contributed by atoms with Crippen molar-refractivity contribution >= 4 is 10.1 Å². The van der Waals surface area contributed by atoms with Crippen molar-refractivity contribution in [2.75, 3.05) is 4.43 Å². The monoisotopic (exact) mass is 532 g/mol. The minimum absolute atomic E-state index is 0.0989. The second-order valence-corrected chi connectivity index (χ2v) is 11.3. The van der Waals surface area contributed by atoms with E-state index in [1.165, 1.54) is 34.1 Å². The van der Waals surface area contributed by atoms with Gasteiger partial charge in [-0.3, -0.25) is 0 Å². The third kappa shape index (κ3) is 6.32. The summed E-state index contributed by atoms with van der Waals surface area (Å²) in [5, 5.41) is 0.